The van der Waals surface area contributed by atoms with Crippen molar-refractivity contribution >= 4 is 0 Å². The molecule has 0 unspecified atom stereocenters. The summed E-state index contributed by atoms with van der Waals surface area (Å²) >= 11 is 0. The lowest BCUT2D eigenvalue weighted by Gasteiger charge is -2.29. The van der Waals surface area contributed by atoms with Gasteiger partial charge in [-0.1, -0.05) is 77.3 Å². The molecule has 0 bridgehead atoms. The lowest BCUT2D eigenvalue weighted by Crippen LogP contribution is -2.14. The van der Waals surface area contributed by atoms with Gasteiger partial charge in [0.2, 0.25) is 0 Å². The second-order valence-corrected chi connectivity index (χ2v) is 9.53. The maximum absolute atomic E-state index is 15.0. The van der Waals surface area contributed by atoms with Gasteiger partial charge in [-0.2, -0.15) is 0 Å². The topological polar surface area (TPSA) is 25.8 Å². The summed E-state index contributed by atoms with van der Waals surface area (Å²) in [4.78, 5) is 8.94. The van der Waals surface area contributed by atoms with Crippen molar-refractivity contribution < 1.29 is 4.39 Å². The SMILES string of the molecule is CCCCCCCC[C@H]1CC[C@H](c2ccc(-c3ncc(CCCC)cn3)cc2F)CC1. The first-order valence-electron chi connectivity index (χ1n) is 12.8. The van der Waals surface area contributed by atoms with E-state index in [-0.39, 0.29) is 5.82 Å². The highest BCUT2D eigenvalue weighted by molar-refractivity contribution is 5.55. The molecule has 3 rings (SSSR count). The molecule has 31 heavy (non-hydrogen) atoms. The number of hydrogen-bond acceptors (Lipinski definition) is 2. The number of nitrogens with zero attached hydrogens (tertiary/aromatic N) is 2. The molecule has 3 heteroatoms. The summed E-state index contributed by atoms with van der Waals surface area (Å²) in [5, 5.41) is 0. The summed E-state index contributed by atoms with van der Waals surface area (Å²) < 4.78 is 15.0. The predicted molar refractivity (Wildman–Crippen MR) is 129 cm³/mol. The van der Waals surface area contributed by atoms with Crippen LogP contribution in [0.4, 0.5) is 4.39 Å². The minimum Gasteiger partial charge on any atom is -0.236 e. The highest BCUT2D eigenvalue weighted by atomic mass is 19.1. The summed E-state index contributed by atoms with van der Waals surface area (Å²) in [6.45, 7) is 4.45. The average molecular weight is 425 g/mol. The summed E-state index contributed by atoms with van der Waals surface area (Å²) in [7, 11) is 0. The Hall–Kier alpha value is -1.77. The molecule has 1 aromatic carbocycles. The molecule has 0 spiro atoms. The van der Waals surface area contributed by atoms with Gasteiger partial charge in [-0.3, -0.25) is 0 Å². The first-order valence-corrected chi connectivity index (χ1v) is 12.8. The van der Waals surface area contributed by atoms with Crippen LogP contribution in [0, 0.1) is 11.7 Å². The Balaban J connectivity index is 1.48. The van der Waals surface area contributed by atoms with Gasteiger partial charge >= 0.3 is 0 Å². The van der Waals surface area contributed by atoms with Gasteiger partial charge in [0, 0.05) is 18.0 Å². The summed E-state index contributed by atoms with van der Waals surface area (Å²) in [6, 6.07) is 5.62. The third-order valence-electron chi connectivity index (χ3n) is 7.04. The van der Waals surface area contributed by atoms with Crippen LogP contribution in [-0.2, 0) is 6.42 Å². The first kappa shape index (κ1) is 23.9. The normalized spacial score (nSPS) is 18.9. The van der Waals surface area contributed by atoms with Crippen LogP contribution in [0.3, 0.4) is 0 Å². The summed E-state index contributed by atoms with van der Waals surface area (Å²) in [6.07, 6.45) is 21.5. The molecular weight excluding hydrogens is 383 g/mol. The zero-order chi connectivity index (χ0) is 21.9. The fourth-order valence-corrected chi connectivity index (χ4v) is 4.99. The summed E-state index contributed by atoms with van der Waals surface area (Å²) in [5.41, 5.74) is 2.82. The van der Waals surface area contributed by atoms with E-state index in [0.717, 1.165) is 54.7 Å². The molecule has 1 aromatic heterocycles. The second-order valence-electron chi connectivity index (χ2n) is 9.53. The van der Waals surface area contributed by atoms with Crippen LogP contribution in [0.1, 0.15) is 114 Å². The largest absolute Gasteiger partial charge is 0.236 e. The molecule has 170 valence electrons. The minimum absolute atomic E-state index is 0.0875. The lowest BCUT2D eigenvalue weighted by atomic mass is 9.76. The monoisotopic (exact) mass is 424 g/mol. The number of hydrogen-bond donors (Lipinski definition) is 0. The van der Waals surface area contributed by atoms with Crippen molar-refractivity contribution in [3.63, 3.8) is 0 Å². The number of unbranched alkanes of at least 4 members (excludes halogenated alkanes) is 6. The summed E-state index contributed by atoms with van der Waals surface area (Å²) in [5.74, 6) is 1.75. The highest BCUT2D eigenvalue weighted by Gasteiger charge is 2.24. The van der Waals surface area contributed by atoms with Crippen molar-refractivity contribution in [1.29, 1.82) is 0 Å². The fraction of sp³-hybridized carbons (Fsp3) is 0.643. The van der Waals surface area contributed by atoms with E-state index in [9.17, 15) is 4.39 Å². The second kappa shape index (κ2) is 12.9. The molecular formula is C28H41FN2. The van der Waals surface area contributed by atoms with Gasteiger partial charge in [-0.15, -0.1) is 0 Å². The number of aromatic nitrogens is 2. The molecule has 1 saturated carbocycles. The Morgan fingerprint density at radius 1 is 0.839 bits per heavy atom. The Kier molecular flexibility index (Phi) is 9.96. The van der Waals surface area contributed by atoms with E-state index in [4.69, 9.17) is 0 Å². The van der Waals surface area contributed by atoms with Gasteiger partial charge in [0.15, 0.2) is 5.82 Å². The van der Waals surface area contributed by atoms with Crippen LogP contribution in [0.15, 0.2) is 30.6 Å². The van der Waals surface area contributed by atoms with Crippen molar-refractivity contribution in [2.45, 2.75) is 110 Å². The van der Waals surface area contributed by atoms with Crippen LogP contribution in [0.25, 0.3) is 11.4 Å². The number of benzene rings is 1. The van der Waals surface area contributed by atoms with Gasteiger partial charge in [0.1, 0.15) is 5.82 Å². The van der Waals surface area contributed by atoms with E-state index in [1.807, 2.05) is 24.5 Å². The zero-order valence-electron chi connectivity index (χ0n) is 19.7. The van der Waals surface area contributed by atoms with Crippen molar-refractivity contribution in [2.24, 2.45) is 5.92 Å². The van der Waals surface area contributed by atoms with Gasteiger partial charge in [-0.25, -0.2) is 14.4 Å². The van der Waals surface area contributed by atoms with E-state index in [1.54, 1.807) is 6.07 Å². The van der Waals surface area contributed by atoms with Gasteiger partial charge in [-0.05, 0) is 67.6 Å². The Labute approximate surface area is 189 Å². The van der Waals surface area contributed by atoms with Crippen LogP contribution < -0.4 is 0 Å². The molecule has 2 nitrogen and oxygen atoms in total. The molecule has 0 saturated heterocycles. The van der Waals surface area contributed by atoms with E-state index in [0.29, 0.717) is 11.7 Å². The van der Waals surface area contributed by atoms with Gasteiger partial charge in [0.25, 0.3) is 0 Å². The number of rotatable bonds is 12. The van der Waals surface area contributed by atoms with Crippen LogP contribution in [0.5, 0.6) is 0 Å². The van der Waals surface area contributed by atoms with Crippen LogP contribution >= 0.6 is 0 Å². The molecule has 1 aliphatic carbocycles. The fourth-order valence-electron chi connectivity index (χ4n) is 4.99. The third-order valence-corrected chi connectivity index (χ3v) is 7.04. The molecule has 0 aliphatic heterocycles. The smallest absolute Gasteiger partial charge is 0.159 e. The molecule has 1 heterocycles. The predicted octanol–water partition coefficient (Wildman–Crippen LogP) is 8.65. The Bertz CT molecular complexity index is 763. The molecule has 0 N–H and O–H groups in total. The van der Waals surface area contributed by atoms with E-state index >= 15 is 0 Å². The average Bonchev–Trinajstić information content (AvgIpc) is 2.81. The van der Waals surface area contributed by atoms with Crippen molar-refractivity contribution in [2.75, 3.05) is 0 Å². The third kappa shape index (κ3) is 7.40. The maximum Gasteiger partial charge on any atom is 0.159 e. The van der Waals surface area contributed by atoms with Crippen LogP contribution in [-0.4, -0.2) is 9.97 Å². The van der Waals surface area contributed by atoms with Gasteiger partial charge in [0.05, 0.1) is 0 Å². The van der Waals surface area contributed by atoms with E-state index < -0.39 is 0 Å². The first-order chi connectivity index (χ1) is 15.2. The van der Waals surface area contributed by atoms with Crippen molar-refractivity contribution in [3.05, 3.63) is 47.5 Å². The standard InChI is InChI=1S/C28H41FN2/c1-3-5-7-8-9-10-12-22-13-15-24(16-14-22)26-18-17-25(19-27(26)29)28-30-20-23(21-31-28)11-6-4-2/h17-22,24H,3-16H2,1-2H3/t22-,24-. The molecule has 2 aromatic rings. The van der Waals surface area contributed by atoms with Crippen molar-refractivity contribution in [1.82, 2.24) is 9.97 Å². The van der Waals surface area contributed by atoms with Gasteiger partial charge < -0.3 is 0 Å². The zero-order valence-corrected chi connectivity index (χ0v) is 19.7. The number of aryl methyl sites for hydroxylation is 1. The van der Waals surface area contributed by atoms with Crippen LogP contribution in [0.2, 0.25) is 0 Å². The van der Waals surface area contributed by atoms with E-state index in [2.05, 4.69) is 23.8 Å². The molecule has 0 atom stereocenters. The molecule has 0 radical (unpaired) electrons. The molecule has 1 aliphatic rings. The lowest BCUT2D eigenvalue weighted by molar-refractivity contribution is 0.298. The van der Waals surface area contributed by atoms with E-state index in [1.165, 1.54) is 57.8 Å². The maximum atomic E-state index is 15.0. The minimum atomic E-state index is -0.0875. The molecule has 1 fully saturated rings. The van der Waals surface area contributed by atoms with Crippen molar-refractivity contribution in [3.8, 4) is 11.4 Å². The highest BCUT2D eigenvalue weighted by Crippen LogP contribution is 2.39. The molecule has 0 amide bonds. The Morgan fingerprint density at radius 2 is 1.52 bits per heavy atom. The number of halogens is 1. The quantitative estimate of drug-likeness (QED) is 0.319. The Morgan fingerprint density at radius 3 is 2.19 bits per heavy atom.